The minimum absolute atomic E-state index is 0.657. The second kappa shape index (κ2) is 3.53. The summed E-state index contributed by atoms with van der Waals surface area (Å²) in [5.74, 6) is -0.668. The van der Waals surface area contributed by atoms with E-state index >= 15 is 0 Å². The molecule has 0 aromatic rings. The Balaban J connectivity index is 2.58. The van der Waals surface area contributed by atoms with Gasteiger partial charge in [0.15, 0.2) is 0 Å². The smallest absolute Gasteiger partial charge is 0.259 e. The molecule has 0 saturated heterocycles. The molecular formula is C8H13N2O. The molecule has 0 spiro atoms. The van der Waals surface area contributed by atoms with Gasteiger partial charge < -0.3 is 5.73 Å². The van der Waals surface area contributed by atoms with Crippen LogP contribution in [-0.2, 0) is 4.79 Å². The van der Waals surface area contributed by atoms with Crippen LogP contribution in [0.3, 0.4) is 0 Å². The fourth-order valence-electron chi connectivity index (χ4n) is 1.31. The van der Waals surface area contributed by atoms with Gasteiger partial charge in [0.25, 0.3) is 5.91 Å². The number of amides is 1. The lowest BCUT2D eigenvalue weighted by atomic mass is 9.94. The van der Waals surface area contributed by atoms with Gasteiger partial charge in [0.2, 0.25) is 0 Å². The first-order valence-electron chi connectivity index (χ1n) is 3.92. The number of allylic oxidation sites excluding steroid dienone is 1. The summed E-state index contributed by atoms with van der Waals surface area (Å²) in [6, 6.07) is -0.657. The van der Waals surface area contributed by atoms with Gasteiger partial charge in [-0.15, -0.1) is 0 Å². The summed E-state index contributed by atoms with van der Waals surface area (Å²) >= 11 is 0. The van der Waals surface area contributed by atoms with Gasteiger partial charge in [-0.05, 0) is 31.3 Å². The van der Waals surface area contributed by atoms with E-state index in [2.05, 4.69) is 0 Å². The van der Waals surface area contributed by atoms with Gasteiger partial charge >= 0.3 is 0 Å². The fourth-order valence-corrected chi connectivity index (χ4v) is 1.31. The Morgan fingerprint density at radius 1 is 1.64 bits per heavy atom. The van der Waals surface area contributed by atoms with Gasteiger partial charge in [-0.25, -0.2) is 0 Å². The Kier molecular flexibility index (Phi) is 2.65. The van der Waals surface area contributed by atoms with Crippen LogP contribution in [0.2, 0.25) is 0 Å². The van der Waals surface area contributed by atoms with E-state index in [4.69, 9.17) is 11.5 Å². The molecule has 3 N–H and O–H groups in total. The predicted molar refractivity (Wildman–Crippen MR) is 42.6 cm³/mol. The number of carbonyl (C=O) groups excluding carboxylic acids is 1. The van der Waals surface area contributed by atoms with Crippen molar-refractivity contribution in [3.63, 3.8) is 0 Å². The van der Waals surface area contributed by atoms with Crippen LogP contribution in [0.1, 0.15) is 25.7 Å². The highest BCUT2D eigenvalue weighted by molar-refractivity contribution is 5.82. The molecule has 1 aliphatic carbocycles. The first kappa shape index (κ1) is 8.27. The summed E-state index contributed by atoms with van der Waals surface area (Å²) in [4.78, 5) is 10.5. The molecule has 3 nitrogen and oxygen atoms in total. The van der Waals surface area contributed by atoms with E-state index in [0.717, 1.165) is 24.8 Å². The maximum atomic E-state index is 10.5. The van der Waals surface area contributed by atoms with Crippen molar-refractivity contribution in [2.75, 3.05) is 0 Å². The average Bonchev–Trinajstić information content (AvgIpc) is 2.05. The Labute approximate surface area is 66.4 Å². The van der Waals surface area contributed by atoms with Gasteiger partial charge in [0.1, 0.15) is 6.04 Å². The molecule has 1 rings (SSSR count). The Morgan fingerprint density at radius 3 is 2.82 bits per heavy atom. The summed E-state index contributed by atoms with van der Waals surface area (Å²) in [5, 5.41) is 0. The summed E-state index contributed by atoms with van der Waals surface area (Å²) < 4.78 is 0. The van der Waals surface area contributed by atoms with Gasteiger partial charge in [0.05, 0.1) is 0 Å². The number of rotatable bonds is 2. The predicted octanol–water partition coefficient (Wildman–Crippen LogP) is 0.624. The molecule has 1 atom stereocenters. The molecule has 0 fully saturated rings. The summed E-state index contributed by atoms with van der Waals surface area (Å²) in [6.07, 6.45) is 6.19. The highest BCUT2D eigenvalue weighted by Gasteiger charge is 2.16. The van der Waals surface area contributed by atoms with Gasteiger partial charge in [-0.3, -0.25) is 10.5 Å². The SMILES string of the molecule is [NH]C(=O)C(N)C1=CCCCC1. The van der Waals surface area contributed by atoms with Crippen molar-refractivity contribution in [3.8, 4) is 0 Å². The van der Waals surface area contributed by atoms with E-state index in [1.165, 1.54) is 6.42 Å². The first-order valence-corrected chi connectivity index (χ1v) is 3.92. The lowest BCUT2D eigenvalue weighted by Crippen LogP contribution is -2.33. The Hall–Kier alpha value is -0.830. The van der Waals surface area contributed by atoms with Crippen LogP contribution in [-0.4, -0.2) is 11.9 Å². The molecule has 0 heterocycles. The molecule has 1 unspecified atom stereocenters. The highest BCUT2D eigenvalue weighted by Crippen LogP contribution is 2.19. The van der Waals surface area contributed by atoms with E-state index in [1.807, 2.05) is 6.08 Å². The third-order valence-corrected chi connectivity index (χ3v) is 2.01. The van der Waals surface area contributed by atoms with Crippen LogP contribution in [0.5, 0.6) is 0 Å². The largest absolute Gasteiger partial charge is 0.316 e. The van der Waals surface area contributed by atoms with Crippen molar-refractivity contribution in [2.24, 2.45) is 5.73 Å². The molecule has 1 radical (unpaired) electrons. The van der Waals surface area contributed by atoms with Crippen molar-refractivity contribution < 1.29 is 4.79 Å². The molecule has 1 aliphatic rings. The third kappa shape index (κ3) is 2.05. The average molecular weight is 153 g/mol. The van der Waals surface area contributed by atoms with Gasteiger partial charge in [-0.2, -0.15) is 0 Å². The van der Waals surface area contributed by atoms with Crippen LogP contribution in [0.4, 0.5) is 0 Å². The summed E-state index contributed by atoms with van der Waals surface area (Å²) in [5.41, 5.74) is 13.3. The number of carbonyl (C=O) groups is 1. The number of hydrogen-bond donors (Lipinski definition) is 1. The molecule has 61 valence electrons. The number of nitrogens with one attached hydrogen (secondary N) is 1. The van der Waals surface area contributed by atoms with E-state index in [1.54, 1.807) is 0 Å². The number of nitrogens with two attached hydrogens (primary N) is 1. The van der Waals surface area contributed by atoms with Crippen molar-refractivity contribution >= 4 is 5.91 Å². The van der Waals surface area contributed by atoms with Crippen LogP contribution in [0, 0.1) is 0 Å². The van der Waals surface area contributed by atoms with Crippen molar-refractivity contribution in [3.05, 3.63) is 11.6 Å². The van der Waals surface area contributed by atoms with Crippen molar-refractivity contribution in [1.29, 1.82) is 0 Å². The van der Waals surface area contributed by atoms with Crippen LogP contribution in [0.25, 0.3) is 0 Å². The Morgan fingerprint density at radius 2 is 2.36 bits per heavy atom. The monoisotopic (exact) mass is 153 g/mol. The van der Waals surface area contributed by atoms with E-state index in [9.17, 15) is 4.79 Å². The molecule has 11 heavy (non-hydrogen) atoms. The normalized spacial score (nSPS) is 20.6. The standard InChI is InChI=1S/C8H13N2O/c9-7(8(10)11)6-4-2-1-3-5-6/h4,7,10H,1-3,5,9H2. The highest BCUT2D eigenvalue weighted by atomic mass is 16.1. The van der Waals surface area contributed by atoms with Gasteiger partial charge in [0, 0.05) is 0 Å². The summed E-state index contributed by atoms with van der Waals surface area (Å²) in [6.45, 7) is 0. The quantitative estimate of drug-likeness (QED) is 0.591. The molecule has 0 aliphatic heterocycles. The number of hydrogen-bond acceptors (Lipinski definition) is 2. The molecule has 0 aromatic heterocycles. The van der Waals surface area contributed by atoms with Crippen LogP contribution >= 0.6 is 0 Å². The second-order valence-corrected chi connectivity index (χ2v) is 2.87. The first-order chi connectivity index (χ1) is 5.22. The fraction of sp³-hybridized carbons (Fsp3) is 0.625. The maximum absolute atomic E-state index is 10.5. The topological polar surface area (TPSA) is 66.9 Å². The lowest BCUT2D eigenvalue weighted by molar-refractivity contribution is -0.119. The molecule has 0 saturated carbocycles. The maximum Gasteiger partial charge on any atom is 0.259 e. The van der Waals surface area contributed by atoms with Crippen molar-refractivity contribution in [1.82, 2.24) is 5.73 Å². The summed E-state index contributed by atoms with van der Waals surface area (Å²) in [7, 11) is 0. The van der Waals surface area contributed by atoms with E-state index in [-0.39, 0.29) is 0 Å². The van der Waals surface area contributed by atoms with Gasteiger partial charge in [-0.1, -0.05) is 6.08 Å². The Bertz CT molecular complexity index is 187. The van der Waals surface area contributed by atoms with E-state index < -0.39 is 11.9 Å². The molecule has 0 aromatic carbocycles. The zero-order chi connectivity index (χ0) is 8.27. The zero-order valence-corrected chi connectivity index (χ0v) is 6.47. The minimum Gasteiger partial charge on any atom is -0.316 e. The van der Waals surface area contributed by atoms with Crippen LogP contribution in [0.15, 0.2) is 11.6 Å². The minimum atomic E-state index is -0.668. The molecule has 3 heteroatoms. The van der Waals surface area contributed by atoms with Crippen molar-refractivity contribution in [2.45, 2.75) is 31.7 Å². The second-order valence-electron chi connectivity index (χ2n) is 2.87. The zero-order valence-electron chi connectivity index (χ0n) is 6.47. The molecule has 1 amide bonds. The van der Waals surface area contributed by atoms with Crippen LogP contribution < -0.4 is 11.5 Å². The third-order valence-electron chi connectivity index (χ3n) is 2.01. The molecular weight excluding hydrogens is 140 g/mol. The molecule has 0 bridgehead atoms. The van der Waals surface area contributed by atoms with E-state index in [0.29, 0.717) is 0 Å². The lowest BCUT2D eigenvalue weighted by Gasteiger charge is -2.15.